The smallest absolute Gasteiger partial charge is 0.340 e. The lowest BCUT2D eigenvalue weighted by molar-refractivity contribution is -0.136. The minimum absolute atomic E-state index is 0.213. The van der Waals surface area contributed by atoms with Crippen molar-refractivity contribution >= 4 is 23.9 Å². The van der Waals surface area contributed by atoms with Crippen molar-refractivity contribution in [3.63, 3.8) is 0 Å². The van der Waals surface area contributed by atoms with Gasteiger partial charge in [-0.25, -0.2) is 9.59 Å². The SMILES string of the molecule is COC(=O)C1=C(C)NC(=O)/C1=C\c1ccc(C(=O)OC)cc1. The molecule has 114 valence electrons. The molecule has 0 atom stereocenters. The van der Waals surface area contributed by atoms with Crippen LogP contribution in [0.1, 0.15) is 22.8 Å². The fraction of sp³-hybridized carbons (Fsp3) is 0.188. The van der Waals surface area contributed by atoms with Gasteiger partial charge in [-0.2, -0.15) is 0 Å². The number of methoxy groups -OCH3 is 2. The van der Waals surface area contributed by atoms with E-state index in [1.165, 1.54) is 14.2 Å². The Morgan fingerprint density at radius 3 is 2.18 bits per heavy atom. The van der Waals surface area contributed by atoms with Gasteiger partial charge in [-0.15, -0.1) is 0 Å². The summed E-state index contributed by atoms with van der Waals surface area (Å²) in [4.78, 5) is 35.1. The first-order chi connectivity index (χ1) is 10.5. The monoisotopic (exact) mass is 301 g/mol. The highest BCUT2D eigenvalue weighted by Gasteiger charge is 2.30. The highest BCUT2D eigenvalue weighted by atomic mass is 16.5. The van der Waals surface area contributed by atoms with Gasteiger partial charge in [0.25, 0.3) is 5.91 Å². The van der Waals surface area contributed by atoms with E-state index in [1.54, 1.807) is 37.3 Å². The van der Waals surface area contributed by atoms with Crippen LogP contribution in [0.3, 0.4) is 0 Å². The number of carbonyl (C=O) groups excluding carboxylic acids is 3. The normalized spacial score (nSPS) is 15.8. The third-order valence-electron chi connectivity index (χ3n) is 3.22. The number of hydrogen-bond donors (Lipinski definition) is 1. The molecule has 1 aromatic rings. The number of carbonyl (C=O) groups is 3. The van der Waals surface area contributed by atoms with Crippen molar-refractivity contribution in [2.75, 3.05) is 14.2 Å². The Kier molecular flexibility index (Phi) is 4.41. The predicted molar refractivity (Wildman–Crippen MR) is 78.6 cm³/mol. The lowest BCUT2D eigenvalue weighted by Gasteiger charge is -2.03. The van der Waals surface area contributed by atoms with E-state index in [0.29, 0.717) is 16.8 Å². The summed E-state index contributed by atoms with van der Waals surface area (Å²) in [5.41, 5.74) is 1.98. The van der Waals surface area contributed by atoms with Gasteiger partial charge in [-0.1, -0.05) is 12.1 Å². The van der Waals surface area contributed by atoms with Gasteiger partial charge >= 0.3 is 11.9 Å². The van der Waals surface area contributed by atoms with Crippen molar-refractivity contribution in [2.24, 2.45) is 0 Å². The third kappa shape index (κ3) is 2.90. The molecule has 0 unspecified atom stereocenters. The molecule has 0 saturated heterocycles. The van der Waals surface area contributed by atoms with Gasteiger partial charge in [0.15, 0.2) is 0 Å². The molecule has 0 radical (unpaired) electrons. The molecule has 0 spiro atoms. The zero-order valence-electron chi connectivity index (χ0n) is 12.4. The lowest BCUT2D eigenvalue weighted by atomic mass is 10.0. The first-order valence-electron chi connectivity index (χ1n) is 6.49. The van der Waals surface area contributed by atoms with E-state index < -0.39 is 11.9 Å². The maximum absolute atomic E-state index is 11.9. The maximum Gasteiger partial charge on any atom is 0.340 e. The number of ether oxygens (including phenoxy) is 2. The van der Waals surface area contributed by atoms with Crippen molar-refractivity contribution in [3.8, 4) is 0 Å². The fourth-order valence-electron chi connectivity index (χ4n) is 2.12. The van der Waals surface area contributed by atoms with Crippen LogP contribution in [0.25, 0.3) is 6.08 Å². The molecule has 1 aliphatic rings. The average Bonchev–Trinajstić information content (AvgIpc) is 2.80. The maximum atomic E-state index is 11.9. The van der Waals surface area contributed by atoms with E-state index in [0.717, 1.165) is 0 Å². The van der Waals surface area contributed by atoms with Crippen LogP contribution in [0, 0.1) is 0 Å². The molecule has 6 heteroatoms. The van der Waals surface area contributed by atoms with E-state index in [4.69, 9.17) is 4.74 Å². The first-order valence-corrected chi connectivity index (χ1v) is 6.49. The number of amides is 1. The molecule has 0 aliphatic carbocycles. The average molecular weight is 301 g/mol. The molecule has 1 aromatic carbocycles. The van der Waals surface area contributed by atoms with E-state index in [-0.39, 0.29) is 17.1 Å². The summed E-state index contributed by atoms with van der Waals surface area (Å²) in [7, 11) is 2.56. The summed E-state index contributed by atoms with van der Waals surface area (Å²) in [6.45, 7) is 1.63. The second kappa shape index (κ2) is 6.26. The Balaban J connectivity index is 2.37. The van der Waals surface area contributed by atoms with Crippen LogP contribution in [-0.2, 0) is 19.1 Å². The van der Waals surface area contributed by atoms with Gasteiger partial charge in [0.2, 0.25) is 0 Å². The van der Waals surface area contributed by atoms with Crippen LogP contribution in [0.5, 0.6) is 0 Å². The highest BCUT2D eigenvalue weighted by molar-refractivity contribution is 6.16. The Labute approximate surface area is 127 Å². The van der Waals surface area contributed by atoms with Crippen LogP contribution >= 0.6 is 0 Å². The topological polar surface area (TPSA) is 81.7 Å². The highest BCUT2D eigenvalue weighted by Crippen LogP contribution is 2.24. The summed E-state index contributed by atoms with van der Waals surface area (Å²) in [6, 6.07) is 6.49. The quantitative estimate of drug-likeness (QED) is 0.674. The second-order valence-corrected chi connectivity index (χ2v) is 4.62. The molecule has 0 saturated carbocycles. The summed E-state index contributed by atoms with van der Waals surface area (Å²) in [5.74, 6) is -1.38. The van der Waals surface area contributed by atoms with Crippen molar-refractivity contribution < 1.29 is 23.9 Å². The number of esters is 2. The zero-order chi connectivity index (χ0) is 16.3. The summed E-state index contributed by atoms with van der Waals surface area (Å²) >= 11 is 0. The number of nitrogens with one attached hydrogen (secondary N) is 1. The first kappa shape index (κ1) is 15.5. The van der Waals surface area contributed by atoms with Crippen LogP contribution < -0.4 is 5.32 Å². The standard InChI is InChI=1S/C16H15NO5/c1-9-13(16(20)22-3)12(14(18)17-9)8-10-4-6-11(7-5-10)15(19)21-2/h4-8H,1-3H3,(H,17,18)/b12-8-. The minimum atomic E-state index is -0.576. The molecule has 0 bridgehead atoms. The molecular weight excluding hydrogens is 286 g/mol. The van der Waals surface area contributed by atoms with Gasteiger partial charge in [0.1, 0.15) is 0 Å². The van der Waals surface area contributed by atoms with Crippen molar-refractivity contribution in [3.05, 3.63) is 52.2 Å². The molecule has 2 rings (SSSR count). The second-order valence-electron chi connectivity index (χ2n) is 4.62. The van der Waals surface area contributed by atoms with Gasteiger partial charge in [0.05, 0.1) is 30.9 Å². The molecule has 22 heavy (non-hydrogen) atoms. The Morgan fingerprint density at radius 2 is 1.64 bits per heavy atom. The van der Waals surface area contributed by atoms with Crippen molar-refractivity contribution in [2.45, 2.75) is 6.92 Å². The van der Waals surface area contributed by atoms with E-state index in [1.807, 2.05) is 0 Å². The molecule has 1 N–H and O–H groups in total. The molecule has 6 nitrogen and oxygen atoms in total. The zero-order valence-corrected chi connectivity index (χ0v) is 12.4. The number of allylic oxidation sites excluding steroid dienone is 1. The van der Waals surface area contributed by atoms with E-state index in [2.05, 4.69) is 10.1 Å². The number of rotatable bonds is 3. The fourth-order valence-corrected chi connectivity index (χ4v) is 2.12. The minimum Gasteiger partial charge on any atom is -0.465 e. The Hall–Kier alpha value is -2.89. The molecule has 1 heterocycles. The Morgan fingerprint density at radius 1 is 1.05 bits per heavy atom. The molecule has 1 amide bonds. The van der Waals surface area contributed by atoms with E-state index >= 15 is 0 Å². The summed E-state index contributed by atoms with van der Waals surface area (Å²) < 4.78 is 9.31. The molecule has 1 aliphatic heterocycles. The van der Waals surface area contributed by atoms with Crippen LogP contribution in [-0.4, -0.2) is 32.1 Å². The van der Waals surface area contributed by atoms with Gasteiger partial charge in [0, 0.05) is 5.70 Å². The van der Waals surface area contributed by atoms with Crippen LogP contribution in [0.4, 0.5) is 0 Å². The number of benzene rings is 1. The Bertz CT molecular complexity index is 698. The van der Waals surface area contributed by atoms with E-state index in [9.17, 15) is 14.4 Å². The predicted octanol–water partition coefficient (Wildman–Crippen LogP) is 1.43. The van der Waals surface area contributed by atoms with Gasteiger partial charge < -0.3 is 14.8 Å². The van der Waals surface area contributed by atoms with Crippen LogP contribution in [0.15, 0.2) is 41.1 Å². The van der Waals surface area contributed by atoms with Gasteiger partial charge in [-0.3, -0.25) is 4.79 Å². The van der Waals surface area contributed by atoms with Crippen molar-refractivity contribution in [1.29, 1.82) is 0 Å². The lowest BCUT2D eigenvalue weighted by Crippen LogP contribution is -2.15. The largest absolute Gasteiger partial charge is 0.465 e. The summed E-state index contributed by atoms with van der Waals surface area (Å²) in [5, 5.41) is 2.59. The third-order valence-corrected chi connectivity index (χ3v) is 3.22. The van der Waals surface area contributed by atoms with Crippen molar-refractivity contribution in [1.82, 2.24) is 5.32 Å². The molecule has 0 aromatic heterocycles. The number of hydrogen-bond acceptors (Lipinski definition) is 5. The molecule has 0 fully saturated rings. The summed E-state index contributed by atoms with van der Waals surface area (Å²) in [6.07, 6.45) is 1.57. The molecular formula is C16H15NO5. The van der Waals surface area contributed by atoms with Gasteiger partial charge in [-0.05, 0) is 30.7 Å². The van der Waals surface area contributed by atoms with Crippen LogP contribution in [0.2, 0.25) is 0 Å².